The van der Waals surface area contributed by atoms with Gasteiger partial charge in [-0.25, -0.2) is 4.99 Å². The molecule has 0 saturated carbocycles. The van der Waals surface area contributed by atoms with Crippen LogP contribution in [0.15, 0.2) is 29.3 Å². The number of aliphatic imine (C=N–C) groups is 1. The Kier molecular flexibility index (Phi) is 10.1. The Morgan fingerprint density at radius 1 is 1.28 bits per heavy atom. The van der Waals surface area contributed by atoms with Crippen LogP contribution < -0.4 is 10.6 Å². The monoisotopic (exact) mass is 516 g/mol. The van der Waals surface area contributed by atoms with E-state index in [2.05, 4.69) is 60.6 Å². The number of nitrogens with one attached hydrogen (secondary N) is 2. The summed E-state index contributed by atoms with van der Waals surface area (Å²) in [6, 6.07) is 8.77. The van der Waals surface area contributed by atoms with E-state index in [1.54, 1.807) is 0 Å². The normalized spacial score (nSPS) is 25.5. The van der Waals surface area contributed by atoms with Crippen molar-refractivity contribution in [3.05, 3.63) is 35.4 Å². The van der Waals surface area contributed by atoms with E-state index in [1.807, 2.05) is 0 Å². The molecule has 2 heterocycles. The molecular formula is C22H37IN4O2. The molecule has 0 radical (unpaired) electrons. The molecule has 3 rings (SSSR count). The Labute approximate surface area is 192 Å². The summed E-state index contributed by atoms with van der Waals surface area (Å²) in [5.41, 5.74) is 2.50. The molecule has 2 unspecified atom stereocenters. The van der Waals surface area contributed by atoms with Crippen LogP contribution in [-0.2, 0) is 22.6 Å². The predicted molar refractivity (Wildman–Crippen MR) is 129 cm³/mol. The highest BCUT2D eigenvalue weighted by atomic mass is 127. The van der Waals surface area contributed by atoms with Crippen molar-refractivity contribution in [3.63, 3.8) is 0 Å². The molecule has 2 aliphatic heterocycles. The van der Waals surface area contributed by atoms with Gasteiger partial charge in [0.2, 0.25) is 0 Å². The molecule has 1 aromatic carbocycles. The maximum atomic E-state index is 5.87. The fraction of sp³-hybridized carbons (Fsp3) is 0.682. The van der Waals surface area contributed by atoms with Gasteiger partial charge < -0.3 is 20.1 Å². The second-order valence-corrected chi connectivity index (χ2v) is 8.19. The SMILES string of the molecule is CCNC(=NCc1cccc(CN2CCOC(C)C2)c1)NCC1(C)CCCO1.I. The Morgan fingerprint density at radius 2 is 2.10 bits per heavy atom. The second-order valence-electron chi connectivity index (χ2n) is 8.19. The van der Waals surface area contributed by atoms with Gasteiger partial charge >= 0.3 is 0 Å². The Hall–Kier alpha value is -0.900. The Bertz CT molecular complexity index is 649. The molecule has 1 aromatic rings. The van der Waals surface area contributed by atoms with Crippen LogP contribution in [0.1, 0.15) is 44.7 Å². The number of morpholine rings is 1. The van der Waals surface area contributed by atoms with Gasteiger partial charge in [0.15, 0.2) is 5.96 Å². The molecule has 2 saturated heterocycles. The van der Waals surface area contributed by atoms with Crippen LogP contribution in [0.2, 0.25) is 0 Å². The maximum absolute atomic E-state index is 5.87. The molecule has 7 heteroatoms. The zero-order valence-electron chi connectivity index (χ0n) is 18.1. The number of hydrogen-bond donors (Lipinski definition) is 2. The average molecular weight is 516 g/mol. The summed E-state index contributed by atoms with van der Waals surface area (Å²) in [5, 5.41) is 6.79. The molecule has 2 N–H and O–H groups in total. The molecule has 0 aromatic heterocycles. The highest BCUT2D eigenvalue weighted by Crippen LogP contribution is 2.23. The van der Waals surface area contributed by atoms with Crippen molar-refractivity contribution in [2.75, 3.05) is 39.4 Å². The van der Waals surface area contributed by atoms with Crippen molar-refractivity contribution >= 4 is 29.9 Å². The van der Waals surface area contributed by atoms with Crippen molar-refractivity contribution in [1.29, 1.82) is 0 Å². The van der Waals surface area contributed by atoms with Gasteiger partial charge in [-0.1, -0.05) is 24.3 Å². The fourth-order valence-corrected chi connectivity index (χ4v) is 3.88. The summed E-state index contributed by atoms with van der Waals surface area (Å²) < 4.78 is 11.5. The van der Waals surface area contributed by atoms with E-state index >= 15 is 0 Å². The van der Waals surface area contributed by atoms with Gasteiger partial charge in [-0.15, -0.1) is 24.0 Å². The van der Waals surface area contributed by atoms with Gasteiger partial charge in [0.25, 0.3) is 0 Å². The smallest absolute Gasteiger partial charge is 0.191 e. The molecule has 2 atom stereocenters. The van der Waals surface area contributed by atoms with E-state index in [-0.39, 0.29) is 29.6 Å². The zero-order valence-corrected chi connectivity index (χ0v) is 20.4. The molecule has 0 spiro atoms. The van der Waals surface area contributed by atoms with Crippen LogP contribution >= 0.6 is 24.0 Å². The minimum atomic E-state index is -0.0780. The third-order valence-electron chi connectivity index (χ3n) is 5.42. The first-order valence-electron chi connectivity index (χ1n) is 10.6. The first-order chi connectivity index (χ1) is 13.6. The fourth-order valence-electron chi connectivity index (χ4n) is 3.88. The molecule has 164 valence electrons. The molecule has 2 fully saturated rings. The summed E-state index contributed by atoms with van der Waals surface area (Å²) in [6.07, 6.45) is 2.56. The van der Waals surface area contributed by atoms with Crippen molar-refractivity contribution in [2.24, 2.45) is 4.99 Å². The van der Waals surface area contributed by atoms with Gasteiger partial charge in [0.05, 0.1) is 24.9 Å². The summed E-state index contributed by atoms with van der Waals surface area (Å²) in [7, 11) is 0. The van der Waals surface area contributed by atoms with Crippen LogP contribution in [0.5, 0.6) is 0 Å². The second kappa shape index (κ2) is 12.1. The molecule has 2 aliphatic rings. The first-order valence-corrected chi connectivity index (χ1v) is 10.6. The van der Waals surface area contributed by atoms with Crippen molar-refractivity contribution < 1.29 is 9.47 Å². The number of benzene rings is 1. The lowest BCUT2D eigenvalue weighted by molar-refractivity contribution is -0.0212. The highest BCUT2D eigenvalue weighted by molar-refractivity contribution is 14.0. The average Bonchev–Trinajstić information content (AvgIpc) is 3.11. The van der Waals surface area contributed by atoms with Crippen molar-refractivity contribution in [1.82, 2.24) is 15.5 Å². The van der Waals surface area contributed by atoms with Gasteiger partial charge in [0.1, 0.15) is 0 Å². The summed E-state index contributed by atoms with van der Waals surface area (Å²) in [4.78, 5) is 7.24. The number of ether oxygens (including phenoxy) is 2. The van der Waals surface area contributed by atoms with E-state index < -0.39 is 0 Å². The van der Waals surface area contributed by atoms with E-state index in [0.29, 0.717) is 12.6 Å². The van der Waals surface area contributed by atoms with Crippen LogP contribution in [0.3, 0.4) is 0 Å². The molecular weight excluding hydrogens is 479 g/mol. The Morgan fingerprint density at radius 3 is 2.83 bits per heavy atom. The summed E-state index contributed by atoms with van der Waals surface area (Å²) in [6.45, 7) is 13.4. The standard InChI is InChI=1S/C22H36N4O2.HI/c1-4-23-21(25-17-22(3)9-6-11-28-22)24-14-19-7-5-8-20(13-19)16-26-10-12-27-18(2)15-26;/h5,7-8,13,18H,4,6,9-12,14-17H2,1-3H3,(H2,23,24,25);1H. The van der Waals surface area contributed by atoms with Gasteiger partial charge in [-0.05, 0) is 44.7 Å². The summed E-state index contributed by atoms with van der Waals surface area (Å²) >= 11 is 0. The quantitative estimate of drug-likeness (QED) is 0.332. The number of guanidine groups is 1. The largest absolute Gasteiger partial charge is 0.376 e. The highest BCUT2D eigenvalue weighted by Gasteiger charge is 2.29. The Balaban J connectivity index is 0.00000300. The topological polar surface area (TPSA) is 58.1 Å². The lowest BCUT2D eigenvalue weighted by Crippen LogP contribution is -2.45. The lowest BCUT2D eigenvalue weighted by Gasteiger charge is -2.31. The molecule has 0 aliphatic carbocycles. The minimum Gasteiger partial charge on any atom is -0.376 e. The van der Waals surface area contributed by atoms with E-state index in [4.69, 9.17) is 14.5 Å². The predicted octanol–water partition coefficient (Wildman–Crippen LogP) is 3.15. The maximum Gasteiger partial charge on any atom is 0.191 e. The third kappa shape index (κ3) is 8.03. The zero-order chi connectivity index (χ0) is 19.8. The van der Waals surface area contributed by atoms with Gasteiger partial charge in [0, 0.05) is 39.3 Å². The van der Waals surface area contributed by atoms with Gasteiger partial charge in [-0.3, -0.25) is 4.90 Å². The van der Waals surface area contributed by atoms with Crippen molar-refractivity contribution in [3.8, 4) is 0 Å². The van der Waals surface area contributed by atoms with Gasteiger partial charge in [-0.2, -0.15) is 0 Å². The molecule has 0 amide bonds. The minimum absolute atomic E-state index is 0. The van der Waals surface area contributed by atoms with Crippen LogP contribution in [0.4, 0.5) is 0 Å². The number of nitrogens with zero attached hydrogens (tertiary/aromatic N) is 2. The van der Waals surface area contributed by atoms with E-state index in [0.717, 1.165) is 64.7 Å². The van der Waals surface area contributed by atoms with Crippen LogP contribution in [0, 0.1) is 0 Å². The summed E-state index contributed by atoms with van der Waals surface area (Å²) in [5.74, 6) is 0.853. The number of rotatable bonds is 7. The number of halogens is 1. The molecule has 0 bridgehead atoms. The van der Waals surface area contributed by atoms with E-state index in [9.17, 15) is 0 Å². The molecule has 29 heavy (non-hydrogen) atoms. The van der Waals surface area contributed by atoms with Crippen LogP contribution in [0.25, 0.3) is 0 Å². The number of hydrogen-bond acceptors (Lipinski definition) is 4. The van der Waals surface area contributed by atoms with Crippen LogP contribution in [-0.4, -0.2) is 62.0 Å². The lowest BCUT2D eigenvalue weighted by atomic mass is 10.0. The van der Waals surface area contributed by atoms with E-state index in [1.165, 1.54) is 11.1 Å². The third-order valence-corrected chi connectivity index (χ3v) is 5.42. The first kappa shape index (κ1) is 24.4. The molecule has 6 nitrogen and oxygen atoms in total. The van der Waals surface area contributed by atoms with Crippen molar-refractivity contribution in [2.45, 2.75) is 58.4 Å².